The van der Waals surface area contributed by atoms with Crippen LogP contribution in [0.1, 0.15) is 6.42 Å². The molecule has 1 aromatic heterocycles. The van der Waals surface area contributed by atoms with E-state index in [2.05, 4.69) is 10.2 Å². The number of hydrogen-bond acceptors (Lipinski definition) is 5. The number of hydrogen-bond donors (Lipinski definition) is 0. The average molecular weight is 261 g/mol. The third kappa shape index (κ3) is 2.11. The second kappa shape index (κ2) is 4.81. The standard InChI is InChI=1S/C12H11N3O2S/c16-11-10(6-7-17-11)18-12-14-13-8-15(12)9-4-2-1-3-5-9/h1-5,8,10H,6-7H2/t10-/m1/s1. The number of nitrogens with zero attached hydrogens (tertiary/aromatic N) is 3. The summed E-state index contributed by atoms with van der Waals surface area (Å²) < 4.78 is 6.81. The molecule has 1 atom stereocenters. The van der Waals surface area contributed by atoms with E-state index in [0.717, 1.165) is 12.1 Å². The van der Waals surface area contributed by atoms with Gasteiger partial charge in [-0.1, -0.05) is 30.0 Å². The highest BCUT2D eigenvalue weighted by Crippen LogP contribution is 2.29. The number of esters is 1. The average Bonchev–Trinajstić information content (AvgIpc) is 3.01. The number of ether oxygens (including phenoxy) is 1. The lowest BCUT2D eigenvalue weighted by molar-refractivity contribution is -0.137. The molecule has 18 heavy (non-hydrogen) atoms. The number of cyclic esters (lactones) is 1. The van der Waals surface area contributed by atoms with E-state index < -0.39 is 0 Å². The summed E-state index contributed by atoms with van der Waals surface area (Å²) >= 11 is 1.40. The Morgan fingerprint density at radius 3 is 2.89 bits per heavy atom. The van der Waals surface area contributed by atoms with Crippen molar-refractivity contribution in [1.29, 1.82) is 0 Å². The molecule has 1 aliphatic rings. The molecule has 0 radical (unpaired) electrons. The van der Waals surface area contributed by atoms with Crippen LogP contribution in [0.4, 0.5) is 0 Å². The molecule has 0 saturated carbocycles. The van der Waals surface area contributed by atoms with Gasteiger partial charge in [0.2, 0.25) is 0 Å². The molecule has 0 bridgehead atoms. The summed E-state index contributed by atoms with van der Waals surface area (Å²) in [7, 11) is 0. The third-order valence-electron chi connectivity index (χ3n) is 2.69. The summed E-state index contributed by atoms with van der Waals surface area (Å²) in [5.74, 6) is -0.164. The van der Waals surface area contributed by atoms with Gasteiger partial charge < -0.3 is 4.74 Å². The minimum atomic E-state index is -0.170. The monoisotopic (exact) mass is 261 g/mol. The van der Waals surface area contributed by atoms with E-state index in [0.29, 0.717) is 11.8 Å². The highest BCUT2D eigenvalue weighted by molar-refractivity contribution is 8.00. The predicted molar refractivity (Wildman–Crippen MR) is 66.6 cm³/mol. The maximum absolute atomic E-state index is 11.4. The van der Waals surface area contributed by atoms with E-state index in [9.17, 15) is 4.79 Å². The van der Waals surface area contributed by atoms with Crippen LogP contribution in [0.15, 0.2) is 41.8 Å². The summed E-state index contributed by atoms with van der Waals surface area (Å²) in [4.78, 5) is 11.4. The highest BCUT2D eigenvalue weighted by Gasteiger charge is 2.29. The van der Waals surface area contributed by atoms with E-state index in [1.54, 1.807) is 6.33 Å². The lowest BCUT2D eigenvalue weighted by atomic mass is 10.3. The van der Waals surface area contributed by atoms with Gasteiger partial charge in [-0.3, -0.25) is 9.36 Å². The maximum atomic E-state index is 11.4. The molecule has 1 fully saturated rings. The van der Waals surface area contributed by atoms with Crippen molar-refractivity contribution in [2.45, 2.75) is 16.8 Å². The molecule has 0 aliphatic carbocycles. The molecule has 0 unspecified atom stereocenters. The fourth-order valence-electron chi connectivity index (χ4n) is 1.78. The van der Waals surface area contributed by atoms with Crippen molar-refractivity contribution in [3.63, 3.8) is 0 Å². The van der Waals surface area contributed by atoms with Gasteiger partial charge in [-0.25, -0.2) is 0 Å². The number of benzene rings is 1. The maximum Gasteiger partial charge on any atom is 0.319 e. The van der Waals surface area contributed by atoms with Crippen LogP contribution in [0.25, 0.3) is 5.69 Å². The summed E-state index contributed by atoms with van der Waals surface area (Å²) in [6.45, 7) is 0.496. The Kier molecular flexibility index (Phi) is 3.02. The summed E-state index contributed by atoms with van der Waals surface area (Å²) in [5.41, 5.74) is 0.983. The van der Waals surface area contributed by atoms with Crippen molar-refractivity contribution in [2.75, 3.05) is 6.61 Å². The van der Waals surface area contributed by atoms with Gasteiger partial charge in [0.1, 0.15) is 11.6 Å². The molecular weight excluding hydrogens is 250 g/mol. The van der Waals surface area contributed by atoms with Crippen molar-refractivity contribution in [3.05, 3.63) is 36.7 Å². The van der Waals surface area contributed by atoms with Gasteiger partial charge in [-0.2, -0.15) is 0 Å². The van der Waals surface area contributed by atoms with Crippen LogP contribution in [0.2, 0.25) is 0 Å². The first-order valence-corrected chi connectivity index (χ1v) is 6.51. The van der Waals surface area contributed by atoms with Crippen molar-refractivity contribution in [3.8, 4) is 5.69 Å². The van der Waals surface area contributed by atoms with Crippen LogP contribution in [0.3, 0.4) is 0 Å². The molecule has 1 aliphatic heterocycles. The smallest absolute Gasteiger partial charge is 0.319 e. The quantitative estimate of drug-likeness (QED) is 0.787. The van der Waals surface area contributed by atoms with Crippen LogP contribution in [-0.4, -0.2) is 32.6 Å². The Morgan fingerprint density at radius 2 is 2.17 bits per heavy atom. The highest BCUT2D eigenvalue weighted by atomic mass is 32.2. The van der Waals surface area contributed by atoms with E-state index in [-0.39, 0.29) is 11.2 Å². The second-order valence-corrected chi connectivity index (χ2v) is 5.05. The number of rotatable bonds is 3. The van der Waals surface area contributed by atoms with Crippen LogP contribution in [-0.2, 0) is 9.53 Å². The van der Waals surface area contributed by atoms with Crippen LogP contribution in [0, 0.1) is 0 Å². The first kappa shape index (κ1) is 11.3. The number of thioether (sulfide) groups is 1. The zero-order chi connectivity index (χ0) is 12.4. The Labute approximate surface area is 108 Å². The van der Waals surface area contributed by atoms with Crippen LogP contribution >= 0.6 is 11.8 Å². The molecule has 5 nitrogen and oxygen atoms in total. The first-order chi connectivity index (χ1) is 8.84. The van der Waals surface area contributed by atoms with Crippen molar-refractivity contribution in [2.24, 2.45) is 0 Å². The molecule has 0 spiro atoms. The second-order valence-electron chi connectivity index (χ2n) is 3.88. The molecule has 1 saturated heterocycles. The van der Waals surface area contributed by atoms with Crippen molar-refractivity contribution in [1.82, 2.24) is 14.8 Å². The third-order valence-corrected chi connectivity index (χ3v) is 3.89. The molecular formula is C12H11N3O2S. The molecule has 2 heterocycles. The van der Waals surface area contributed by atoms with Gasteiger partial charge in [0.25, 0.3) is 0 Å². The molecule has 1 aromatic carbocycles. The number of para-hydroxylation sites is 1. The van der Waals surface area contributed by atoms with Gasteiger partial charge in [-0.15, -0.1) is 10.2 Å². The van der Waals surface area contributed by atoms with Crippen LogP contribution in [0.5, 0.6) is 0 Å². The largest absolute Gasteiger partial charge is 0.465 e. The number of carbonyl (C=O) groups is 1. The fourth-order valence-corrected chi connectivity index (χ4v) is 2.78. The lowest BCUT2D eigenvalue weighted by Gasteiger charge is -2.07. The molecule has 0 amide bonds. The number of carbonyl (C=O) groups excluding carboxylic acids is 1. The van der Waals surface area contributed by atoms with Crippen LogP contribution < -0.4 is 0 Å². The number of aromatic nitrogens is 3. The van der Waals surface area contributed by atoms with E-state index >= 15 is 0 Å². The molecule has 3 rings (SSSR count). The summed E-state index contributed by atoms with van der Waals surface area (Å²) in [6, 6.07) is 9.80. The fraction of sp³-hybridized carbons (Fsp3) is 0.250. The lowest BCUT2D eigenvalue weighted by Crippen LogP contribution is -2.10. The zero-order valence-electron chi connectivity index (χ0n) is 9.52. The van der Waals surface area contributed by atoms with Gasteiger partial charge in [-0.05, 0) is 12.1 Å². The Hall–Kier alpha value is -1.82. The van der Waals surface area contributed by atoms with E-state index in [1.807, 2.05) is 34.9 Å². The minimum Gasteiger partial charge on any atom is -0.465 e. The SMILES string of the molecule is O=C1OCC[C@H]1Sc1nncn1-c1ccccc1. The Bertz CT molecular complexity index is 555. The van der Waals surface area contributed by atoms with E-state index in [1.165, 1.54) is 11.8 Å². The predicted octanol–water partition coefficient (Wildman–Crippen LogP) is 1.67. The Balaban J connectivity index is 1.86. The Morgan fingerprint density at radius 1 is 1.33 bits per heavy atom. The summed E-state index contributed by atoms with van der Waals surface area (Å²) in [5, 5.41) is 8.51. The van der Waals surface area contributed by atoms with Gasteiger partial charge >= 0.3 is 5.97 Å². The molecule has 6 heteroatoms. The van der Waals surface area contributed by atoms with Gasteiger partial charge in [0, 0.05) is 12.1 Å². The molecule has 0 N–H and O–H groups in total. The minimum absolute atomic E-state index is 0.164. The van der Waals surface area contributed by atoms with Gasteiger partial charge in [0.05, 0.1) is 6.61 Å². The molecule has 92 valence electrons. The molecule has 2 aromatic rings. The normalized spacial score (nSPS) is 18.9. The van der Waals surface area contributed by atoms with Gasteiger partial charge in [0.15, 0.2) is 5.16 Å². The van der Waals surface area contributed by atoms with E-state index in [4.69, 9.17) is 4.74 Å². The first-order valence-electron chi connectivity index (χ1n) is 5.63. The topological polar surface area (TPSA) is 57.0 Å². The van der Waals surface area contributed by atoms with Crippen molar-refractivity contribution >= 4 is 17.7 Å². The summed E-state index contributed by atoms with van der Waals surface area (Å²) in [6.07, 6.45) is 2.38. The zero-order valence-corrected chi connectivity index (χ0v) is 10.3. The van der Waals surface area contributed by atoms with Crippen molar-refractivity contribution < 1.29 is 9.53 Å².